The lowest BCUT2D eigenvalue weighted by Gasteiger charge is -2.32. The first-order valence-electron chi connectivity index (χ1n) is 5.62. The van der Waals surface area contributed by atoms with E-state index in [1.165, 1.54) is 5.56 Å². The van der Waals surface area contributed by atoms with Gasteiger partial charge in [0.2, 0.25) is 0 Å². The summed E-state index contributed by atoms with van der Waals surface area (Å²) in [6.45, 7) is 1.74. The zero-order valence-electron chi connectivity index (χ0n) is 9.53. The summed E-state index contributed by atoms with van der Waals surface area (Å²) in [6, 6.07) is 4.77. The molecule has 16 heavy (non-hydrogen) atoms. The molecule has 1 fully saturated rings. The molecular weight excluding hydrogens is 268 g/mol. The van der Waals surface area contributed by atoms with E-state index in [0.717, 1.165) is 37.2 Å². The van der Waals surface area contributed by atoms with E-state index in [9.17, 15) is 0 Å². The van der Waals surface area contributed by atoms with Crippen molar-refractivity contribution >= 4 is 21.7 Å². The van der Waals surface area contributed by atoms with Crippen molar-refractivity contribution in [3.05, 3.63) is 23.9 Å². The fourth-order valence-electron chi connectivity index (χ4n) is 1.96. The normalized spacial score (nSPS) is 17.4. The molecule has 0 unspecified atom stereocenters. The van der Waals surface area contributed by atoms with Crippen LogP contribution in [0.4, 0.5) is 5.82 Å². The first-order chi connectivity index (χ1) is 7.81. The molecular formula is C12H17BrN2O. The van der Waals surface area contributed by atoms with Gasteiger partial charge in [-0.05, 0) is 24.5 Å². The predicted octanol–water partition coefficient (Wildman–Crippen LogP) is 2.59. The third-order valence-electron chi connectivity index (χ3n) is 3.06. The first kappa shape index (κ1) is 11.9. The Balaban J connectivity index is 2.04. The Morgan fingerprint density at radius 3 is 2.75 bits per heavy atom. The van der Waals surface area contributed by atoms with Crippen LogP contribution in [0, 0.1) is 0 Å². The molecule has 0 aromatic carbocycles. The van der Waals surface area contributed by atoms with E-state index in [4.69, 9.17) is 4.74 Å². The number of ether oxygens (including phenoxy) is 1. The molecule has 0 bridgehead atoms. The number of aromatic nitrogens is 1. The molecule has 2 heterocycles. The molecule has 4 heteroatoms. The van der Waals surface area contributed by atoms with Crippen molar-refractivity contribution in [3.63, 3.8) is 0 Å². The second kappa shape index (κ2) is 5.64. The SMILES string of the molecule is CN(c1ccc(CBr)cn1)C1CCOCC1. The first-order valence-corrected chi connectivity index (χ1v) is 6.75. The molecule has 0 spiro atoms. The largest absolute Gasteiger partial charge is 0.381 e. The molecule has 1 aromatic heterocycles. The highest BCUT2D eigenvalue weighted by Crippen LogP contribution is 2.19. The van der Waals surface area contributed by atoms with Crippen molar-refractivity contribution < 1.29 is 4.74 Å². The van der Waals surface area contributed by atoms with E-state index >= 15 is 0 Å². The van der Waals surface area contributed by atoms with Crippen molar-refractivity contribution in [2.24, 2.45) is 0 Å². The zero-order chi connectivity index (χ0) is 11.4. The monoisotopic (exact) mass is 284 g/mol. The van der Waals surface area contributed by atoms with Gasteiger partial charge in [-0.3, -0.25) is 0 Å². The second-order valence-electron chi connectivity index (χ2n) is 4.11. The highest BCUT2D eigenvalue weighted by atomic mass is 79.9. The molecule has 2 rings (SSSR count). The van der Waals surface area contributed by atoms with Crippen LogP contribution in [0.2, 0.25) is 0 Å². The Labute approximate surface area is 105 Å². The summed E-state index contributed by atoms with van der Waals surface area (Å²) in [7, 11) is 2.12. The van der Waals surface area contributed by atoms with Crippen LogP contribution in [0.5, 0.6) is 0 Å². The average molecular weight is 285 g/mol. The molecule has 0 saturated carbocycles. The smallest absolute Gasteiger partial charge is 0.128 e. The average Bonchev–Trinajstić information content (AvgIpc) is 2.39. The Morgan fingerprint density at radius 2 is 2.19 bits per heavy atom. The Hall–Kier alpha value is -0.610. The maximum atomic E-state index is 5.37. The van der Waals surface area contributed by atoms with Crippen molar-refractivity contribution in [2.75, 3.05) is 25.2 Å². The van der Waals surface area contributed by atoms with Gasteiger partial charge in [-0.2, -0.15) is 0 Å². The van der Waals surface area contributed by atoms with Crippen LogP contribution in [0.25, 0.3) is 0 Å². The van der Waals surface area contributed by atoms with Crippen LogP contribution in [0.15, 0.2) is 18.3 Å². The van der Waals surface area contributed by atoms with Crippen LogP contribution in [0.3, 0.4) is 0 Å². The maximum Gasteiger partial charge on any atom is 0.128 e. The summed E-state index contributed by atoms with van der Waals surface area (Å²) in [6.07, 6.45) is 4.12. The lowest BCUT2D eigenvalue weighted by Crippen LogP contribution is -2.37. The number of halogens is 1. The summed E-state index contributed by atoms with van der Waals surface area (Å²) in [5.74, 6) is 1.05. The Morgan fingerprint density at radius 1 is 1.44 bits per heavy atom. The molecule has 0 N–H and O–H groups in total. The van der Waals surface area contributed by atoms with Gasteiger partial charge in [-0.1, -0.05) is 22.0 Å². The lowest BCUT2D eigenvalue weighted by atomic mass is 10.1. The molecule has 0 aliphatic carbocycles. The zero-order valence-corrected chi connectivity index (χ0v) is 11.1. The summed E-state index contributed by atoms with van der Waals surface area (Å²) >= 11 is 3.43. The number of hydrogen-bond acceptors (Lipinski definition) is 3. The van der Waals surface area contributed by atoms with Gasteiger partial charge in [0.15, 0.2) is 0 Å². The third kappa shape index (κ3) is 2.74. The molecule has 0 amide bonds. The predicted molar refractivity (Wildman–Crippen MR) is 69.1 cm³/mol. The highest BCUT2D eigenvalue weighted by molar-refractivity contribution is 9.08. The van der Waals surface area contributed by atoms with Gasteiger partial charge in [0.1, 0.15) is 5.82 Å². The van der Waals surface area contributed by atoms with Crippen LogP contribution >= 0.6 is 15.9 Å². The van der Waals surface area contributed by atoms with Gasteiger partial charge >= 0.3 is 0 Å². The number of hydrogen-bond donors (Lipinski definition) is 0. The molecule has 1 aliphatic heterocycles. The summed E-state index contributed by atoms with van der Waals surface area (Å²) in [4.78, 5) is 6.74. The number of nitrogens with zero attached hydrogens (tertiary/aromatic N) is 2. The fraction of sp³-hybridized carbons (Fsp3) is 0.583. The minimum absolute atomic E-state index is 0.566. The van der Waals surface area contributed by atoms with Gasteiger partial charge < -0.3 is 9.64 Å². The molecule has 1 aromatic rings. The molecule has 88 valence electrons. The van der Waals surface area contributed by atoms with Gasteiger partial charge in [0.05, 0.1) is 0 Å². The van der Waals surface area contributed by atoms with E-state index in [2.05, 4.69) is 45.0 Å². The third-order valence-corrected chi connectivity index (χ3v) is 3.71. The Kier molecular flexibility index (Phi) is 4.18. The molecule has 0 atom stereocenters. The van der Waals surface area contributed by atoms with Crippen LogP contribution in [0.1, 0.15) is 18.4 Å². The van der Waals surface area contributed by atoms with Crippen molar-refractivity contribution in [1.29, 1.82) is 0 Å². The fourth-order valence-corrected chi connectivity index (χ4v) is 2.30. The van der Waals surface area contributed by atoms with Gasteiger partial charge in [0, 0.05) is 37.8 Å². The highest BCUT2D eigenvalue weighted by Gasteiger charge is 2.19. The van der Waals surface area contributed by atoms with E-state index in [0.29, 0.717) is 6.04 Å². The number of rotatable bonds is 3. The number of pyridine rings is 1. The quantitative estimate of drug-likeness (QED) is 0.798. The van der Waals surface area contributed by atoms with E-state index < -0.39 is 0 Å². The van der Waals surface area contributed by atoms with E-state index in [-0.39, 0.29) is 0 Å². The molecule has 3 nitrogen and oxygen atoms in total. The number of anilines is 1. The molecule has 0 radical (unpaired) electrons. The van der Waals surface area contributed by atoms with Crippen LogP contribution < -0.4 is 4.90 Å². The lowest BCUT2D eigenvalue weighted by molar-refractivity contribution is 0.0853. The van der Waals surface area contributed by atoms with Crippen molar-refractivity contribution in [1.82, 2.24) is 4.98 Å². The number of alkyl halides is 1. The molecule has 1 aliphatic rings. The van der Waals surface area contributed by atoms with Crippen molar-refractivity contribution in [3.8, 4) is 0 Å². The summed E-state index contributed by atoms with van der Waals surface area (Å²) < 4.78 is 5.37. The topological polar surface area (TPSA) is 25.4 Å². The summed E-state index contributed by atoms with van der Waals surface area (Å²) in [5.41, 5.74) is 1.21. The minimum Gasteiger partial charge on any atom is -0.381 e. The standard InChI is InChI=1S/C12H17BrN2O/c1-15(11-4-6-16-7-5-11)12-3-2-10(8-13)9-14-12/h2-3,9,11H,4-8H2,1H3. The Bertz CT molecular complexity index is 322. The van der Waals surface area contributed by atoms with Crippen molar-refractivity contribution in [2.45, 2.75) is 24.2 Å². The van der Waals surface area contributed by atoms with Crippen LogP contribution in [-0.2, 0) is 10.1 Å². The maximum absolute atomic E-state index is 5.37. The van der Waals surface area contributed by atoms with Gasteiger partial charge in [0.25, 0.3) is 0 Å². The van der Waals surface area contributed by atoms with E-state index in [1.54, 1.807) is 0 Å². The van der Waals surface area contributed by atoms with Gasteiger partial charge in [-0.15, -0.1) is 0 Å². The van der Waals surface area contributed by atoms with E-state index in [1.807, 2.05) is 6.20 Å². The molecule has 1 saturated heterocycles. The summed E-state index contributed by atoms with van der Waals surface area (Å²) in [5, 5.41) is 0.862. The minimum atomic E-state index is 0.566. The van der Waals surface area contributed by atoms with Crippen LogP contribution in [-0.4, -0.2) is 31.3 Å². The second-order valence-corrected chi connectivity index (χ2v) is 4.67. The van der Waals surface area contributed by atoms with Gasteiger partial charge in [-0.25, -0.2) is 4.98 Å².